The highest BCUT2D eigenvalue weighted by Crippen LogP contribution is 2.19. The van der Waals surface area contributed by atoms with Gasteiger partial charge in [0.25, 0.3) is 5.91 Å². The fourth-order valence-corrected chi connectivity index (χ4v) is 3.27. The van der Waals surface area contributed by atoms with Crippen LogP contribution in [-0.4, -0.2) is 43.0 Å². The molecule has 0 unspecified atom stereocenters. The van der Waals surface area contributed by atoms with Crippen molar-refractivity contribution in [1.29, 1.82) is 0 Å². The van der Waals surface area contributed by atoms with Crippen LogP contribution in [0.5, 0.6) is 11.5 Å². The van der Waals surface area contributed by atoms with E-state index in [2.05, 4.69) is 5.32 Å². The van der Waals surface area contributed by atoms with Gasteiger partial charge < -0.3 is 19.7 Å². The molecule has 1 atom stereocenters. The quantitative estimate of drug-likeness (QED) is 0.558. The zero-order valence-electron chi connectivity index (χ0n) is 18.6. The van der Waals surface area contributed by atoms with Crippen LogP contribution in [0.4, 0.5) is 0 Å². The van der Waals surface area contributed by atoms with Gasteiger partial charge in [0.1, 0.15) is 17.5 Å². The lowest BCUT2D eigenvalue weighted by atomic mass is 10.1. The molecule has 7 heteroatoms. The van der Waals surface area contributed by atoms with Gasteiger partial charge in [-0.25, -0.2) is 0 Å². The summed E-state index contributed by atoms with van der Waals surface area (Å²) in [5, 5.41) is 3.47. The molecule has 0 radical (unpaired) electrons. The van der Waals surface area contributed by atoms with Gasteiger partial charge in [0.05, 0.1) is 7.11 Å². The maximum Gasteiger partial charge on any atom is 0.261 e. The first kappa shape index (κ1) is 24.5. The Morgan fingerprint density at radius 1 is 1.10 bits per heavy atom. The third kappa shape index (κ3) is 7.79. The molecule has 2 amide bonds. The van der Waals surface area contributed by atoms with E-state index in [0.717, 1.165) is 5.56 Å². The van der Waals surface area contributed by atoms with Crippen LogP contribution in [-0.2, 0) is 16.1 Å². The summed E-state index contributed by atoms with van der Waals surface area (Å²) in [5.74, 6) is 1.05. The number of methoxy groups -OCH3 is 1. The lowest BCUT2D eigenvalue weighted by Gasteiger charge is -2.31. The van der Waals surface area contributed by atoms with Crippen molar-refractivity contribution in [2.45, 2.75) is 39.8 Å². The molecule has 168 valence electrons. The highest BCUT2D eigenvalue weighted by atomic mass is 35.5. The number of hydrogen-bond acceptors (Lipinski definition) is 4. The van der Waals surface area contributed by atoms with E-state index in [0.29, 0.717) is 35.4 Å². The van der Waals surface area contributed by atoms with Gasteiger partial charge in [0.2, 0.25) is 5.91 Å². The van der Waals surface area contributed by atoms with E-state index < -0.39 is 6.04 Å². The third-order valence-corrected chi connectivity index (χ3v) is 4.95. The predicted molar refractivity (Wildman–Crippen MR) is 122 cm³/mol. The molecule has 2 aromatic carbocycles. The van der Waals surface area contributed by atoms with Gasteiger partial charge in [-0.15, -0.1) is 0 Å². The number of ether oxygens (including phenoxy) is 2. The Balaban J connectivity index is 2.21. The number of nitrogens with zero attached hydrogens (tertiary/aromatic N) is 1. The second kappa shape index (κ2) is 12.2. The second-order valence-corrected chi connectivity index (χ2v) is 8.12. The monoisotopic (exact) mass is 446 g/mol. The summed E-state index contributed by atoms with van der Waals surface area (Å²) >= 11 is 5.99. The number of carbonyl (C=O) groups excluding carboxylic acids is 2. The zero-order valence-corrected chi connectivity index (χ0v) is 19.3. The first-order valence-corrected chi connectivity index (χ1v) is 10.8. The topological polar surface area (TPSA) is 67.9 Å². The Bertz CT molecular complexity index is 872. The molecule has 0 aliphatic heterocycles. The van der Waals surface area contributed by atoms with E-state index in [1.165, 1.54) is 0 Å². The molecule has 0 saturated carbocycles. The summed E-state index contributed by atoms with van der Waals surface area (Å²) in [7, 11) is 1.59. The maximum absolute atomic E-state index is 13.2. The van der Waals surface area contributed by atoms with Gasteiger partial charge in [-0.05, 0) is 48.2 Å². The molecule has 0 saturated heterocycles. The van der Waals surface area contributed by atoms with Gasteiger partial charge in [-0.3, -0.25) is 9.59 Å². The molecule has 6 nitrogen and oxygen atoms in total. The van der Waals surface area contributed by atoms with Crippen molar-refractivity contribution in [2.24, 2.45) is 5.92 Å². The summed E-state index contributed by atoms with van der Waals surface area (Å²) in [6, 6.07) is 13.7. The minimum atomic E-state index is -0.611. The molecular formula is C24H31ClN2O4. The van der Waals surface area contributed by atoms with Crippen LogP contribution in [0.1, 0.15) is 32.8 Å². The van der Waals surface area contributed by atoms with E-state index in [1.807, 2.05) is 45.0 Å². The number of nitrogens with one attached hydrogen (secondary N) is 1. The Labute approximate surface area is 189 Å². The predicted octanol–water partition coefficient (Wildman–Crippen LogP) is 4.31. The average Bonchev–Trinajstić information content (AvgIpc) is 2.76. The fraction of sp³-hybridized carbons (Fsp3) is 0.417. The van der Waals surface area contributed by atoms with E-state index in [4.69, 9.17) is 21.1 Å². The summed E-state index contributed by atoms with van der Waals surface area (Å²) in [4.78, 5) is 27.6. The normalized spacial score (nSPS) is 11.7. The van der Waals surface area contributed by atoms with Crippen LogP contribution in [0, 0.1) is 5.92 Å². The highest BCUT2D eigenvalue weighted by molar-refractivity contribution is 6.30. The van der Waals surface area contributed by atoms with E-state index >= 15 is 0 Å². The molecule has 0 aliphatic carbocycles. The molecule has 31 heavy (non-hydrogen) atoms. The van der Waals surface area contributed by atoms with Crippen molar-refractivity contribution >= 4 is 23.4 Å². The average molecular weight is 447 g/mol. The molecule has 0 bridgehead atoms. The zero-order chi connectivity index (χ0) is 22.8. The highest BCUT2D eigenvalue weighted by Gasteiger charge is 2.29. The molecule has 2 rings (SSSR count). The fourth-order valence-electron chi connectivity index (χ4n) is 3.09. The van der Waals surface area contributed by atoms with Crippen LogP contribution in [0.2, 0.25) is 5.02 Å². The first-order valence-electron chi connectivity index (χ1n) is 10.4. The van der Waals surface area contributed by atoms with Crippen molar-refractivity contribution in [2.75, 3.05) is 20.3 Å². The molecule has 0 aliphatic rings. The molecule has 1 N–H and O–H groups in total. The maximum atomic E-state index is 13.2. The van der Waals surface area contributed by atoms with E-state index in [-0.39, 0.29) is 25.0 Å². The van der Waals surface area contributed by atoms with Gasteiger partial charge in [0, 0.05) is 18.1 Å². The smallest absolute Gasteiger partial charge is 0.261 e. The molecule has 0 heterocycles. The van der Waals surface area contributed by atoms with Gasteiger partial charge in [-0.2, -0.15) is 0 Å². The minimum Gasteiger partial charge on any atom is -0.497 e. The van der Waals surface area contributed by atoms with Crippen molar-refractivity contribution in [1.82, 2.24) is 10.2 Å². The van der Waals surface area contributed by atoms with Gasteiger partial charge >= 0.3 is 0 Å². The Morgan fingerprint density at radius 3 is 2.45 bits per heavy atom. The molecule has 0 aromatic heterocycles. The number of halogens is 1. The number of rotatable bonds is 11. The molecule has 0 fully saturated rings. The van der Waals surface area contributed by atoms with Crippen LogP contribution in [0.15, 0.2) is 48.5 Å². The lowest BCUT2D eigenvalue weighted by Crippen LogP contribution is -2.50. The Morgan fingerprint density at radius 2 is 1.81 bits per heavy atom. The van der Waals surface area contributed by atoms with E-state index in [1.54, 1.807) is 36.3 Å². The number of amides is 2. The largest absolute Gasteiger partial charge is 0.497 e. The van der Waals surface area contributed by atoms with Crippen molar-refractivity contribution < 1.29 is 19.1 Å². The third-order valence-electron chi connectivity index (χ3n) is 4.72. The Kier molecular flexibility index (Phi) is 9.66. The van der Waals surface area contributed by atoms with Gasteiger partial charge in [-0.1, -0.05) is 50.6 Å². The van der Waals surface area contributed by atoms with Crippen LogP contribution in [0.3, 0.4) is 0 Å². The number of carbonyl (C=O) groups is 2. The summed E-state index contributed by atoms with van der Waals surface area (Å²) in [5.41, 5.74) is 0.866. The molecule has 0 spiro atoms. The Hall–Kier alpha value is -2.73. The number of benzene rings is 2. The summed E-state index contributed by atoms with van der Waals surface area (Å²) < 4.78 is 10.9. The lowest BCUT2D eigenvalue weighted by molar-refractivity contribution is -0.143. The standard InChI is InChI=1S/C24H31ClN2O4/c1-5-22(24(29)26-14-17(2)3)27(15-18-8-6-10-20(12-18)30-4)23(28)16-31-21-11-7-9-19(25)13-21/h6-13,17,22H,5,14-16H2,1-4H3,(H,26,29)/t22-/m1/s1. The van der Waals surface area contributed by atoms with Crippen LogP contribution >= 0.6 is 11.6 Å². The SMILES string of the molecule is CC[C@H](C(=O)NCC(C)C)N(Cc1cccc(OC)c1)C(=O)COc1cccc(Cl)c1. The van der Waals surface area contributed by atoms with Crippen molar-refractivity contribution in [3.8, 4) is 11.5 Å². The van der Waals surface area contributed by atoms with Crippen LogP contribution < -0.4 is 14.8 Å². The van der Waals surface area contributed by atoms with Crippen molar-refractivity contribution in [3.63, 3.8) is 0 Å². The summed E-state index contributed by atoms with van der Waals surface area (Å²) in [6.07, 6.45) is 0.483. The molecular weight excluding hydrogens is 416 g/mol. The number of hydrogen-bond donors (Lipinski definition) is 1. The van der Waals surface area contributed by atoms with Crippen LogP contribution in [0.25, 0.3) is 0 Å². The molecule has 2 aromatic rings. The minimum absolute atomic E-state index is 0.171. The van der Waals surface area contributed by atoms with Gasteiger partial charge in [0.15, 0.2) is 6.61 Å². The summed E-state index contributed by atoms with van der Waals surface area (Å²) in [6.45, 7) is 6.57. The first-order chi connectivity index (χ1) is 14.8. The second-order valence-electron chi connectivity index (χ2n) is 7.68. The van der Waals surface area contributed by atoms with Crippen molar-refractivity contribution in [3.05, 3.63) is 59.1 Å². The van der Waals surface area contributed by atoms with E-state index in [9.17, 15) is 9.59 Å².